The predicted molar refractivity (Wildman–Crippen MR) is 90.6 cm³/mol. The van der Waals surface area contributed by atoms with Crippen molar-refractivity contribution < 1.29 is 4.74 Å². The van der Waals surface area contributed by atoms with E-state index >= 15 is 0 Å². The molecule has 1 aromatic heterocycles. The lowest BCUT2D eigenvalue weighted by Gasteiger charge is -2.10. The smallest absolute Gasteiger partial charge is 0.146 e. The summed E-state index contributed by atoms with van der Waals surface area (Å²) in [6.45, 7) is 2.59. The summed E-state index contributed by atoms with van der Waals surface area (Å²) in [5, 5.41) is 6.56. The number of ether oxygens (including phenoxy) is 1. The van der Waals surface area contributed by atoms with Gasteiger partial charge < -0.3 is 4.74 Å². The number of rotatable bonds is 5. The Labute approximate surface area is 129 Å². The van der Waals surface area contributed by atoms with Crippen molar-refractivity contribution in [2.45, 2.75) is 6.92 Å². The highest BCUT2D eigenvalue weighted by Gasteiger charge is 2.06. The minimum Gasteiger partial charge on any atom is -0.493 e. The van der Waals surface area contributed by atoms with Gasteiger partial charge >= 0.3 is 0 Å². The fourth-order valence-corrected chi connectivity index (χ4v) is 2.28. The third kappa shape index (κ3) is 3.06. The minimum atomic E-state index is 0.618. The van der Waals surface area contributed by atoms with E-state index in [9.17, 15) is 0 Å². The molecule has 0 atom stereocenters. The Morgan fingerprint density at radius 1 is 1.09 bits per heavy atom. The molecule has 3 aromatic rings. The van der Waals surface area contributed by atoms with E-state index in [1.807, 2.05) is 43.3 Å². The highest BCUT2D eigenvalue weighted by molar-refractivity contribution is 6.02. The molecule has 0 amide bonds. The summed E-state index contributed by atoms with van der Waals surface area (Å²) < 4.78 is 5.71. The highest BCUT2D eigenvalue weighted by atomic mass is 16.5. The number of hydrazone groups is 1. The Hall–Kier alpha value is -2.88. The second-order valence-corrected chi connectivity index (χ2v) is 4.72. The van der Waals surface area contributed by atoms with Crippen molar-refractivity contribution in [3.05, 3.63) is 66.4 Å². The predicted octanol–water partition coefficient (Wildman–Crippen LogP) is 4.08. The number of fused-ring (bicyclic) bond motifs is 1. The molecule has 1 heterocycles. The number of nitrogens with zero attached hydrogens (tertiary/aromatic N) is 2. The van der Waals surface area contributed by atoms with Gasteiger partial charge in [0.2, 0.25) is 0 Å². The standard InChI is InChI=1S/C18H17N3O/c1-2-22-17-11-10-14-7-3-4-8-15(14)16(17)13-20-21-18-9-5-6-12-19-18/h3-13H,2H2,1H3,(H,19,21)/b20-13-. The van der Waals surface area contributed by atoms with Crippen molar-refractivity contribution in [1.29, 1.82) is 0 Å². The molecule has 22 heavy (non-hydrogen) atoms. The van der Waals surface area contributed by atoms with Crippen molar-refractivity contribution in [1.82, 2.24) is 4.98 Å². The zero-order valence-electron chi connectivity index (χ0n) is 12.4. The van der Waals surface area contributed by atoms with Gasteiger partial charge in [-0.3, -0.25) is 5.43 Å². The third-order valence-electron chi connectivity index (χ3n) is 3.27. The van der Waals surface area contributed by atoms with Gasteiger partial charge in [-0.2, -0.15) is 5.10 Å². The molecular weight excluding hydrogens is 274 g/mol. The number of anilines is 1. The first-order valence-corrected chi connectivity index (χ1v) is 7.23. The summed E-state index contributed by atoms with van der Waals surface area (Å²) in [6, 6.07) is 17.9. The maximum Gasteiger partial charge on any atom is 0.146 e. The lowest BCUT2D eigenvalue weighted by atomic mass is 10.0. The summed E-state index contributed by atoms with van der Waals surface area (Å²) in [4.78, 5) is 4.17. The largest absolute Gasteiger partial charge is 0.493 e. The SMILES string of the molecule is CCOc1ccc2ccccc2c1/C=N\Nc1ccccn1. The summed E-state index contributed by atoms with van der Waals surface area (Å²) in [5.41, 5.74) is 3.89. The van der Waals surface area contributed by atoms with Crippen LogP contribution < -0.4 is 10.2 Å². The van der Waals surface area contributed by atoms with Crippen LogP contribution in [0.4, 0.5) is 5.82 Å². The average molecular weight is 291 g/mol. The van der Waals surface area contributed by atoms with Crippen LogP contribution in [-0.4, -0.2) is 17.8 Å². The number of nitrogens with one attached hydrogen (secondary N) is 1. The minimum absolute atomic E-state index is 0.618. The summed E-state index contributed by atoms with van der Waals surface area (Å²) in [6.07, 6.45) is 3.50. The molecule has 0 spiro atoms. The first-order valence-electron chi connectivity index (χ1n) is 7.23. The Bertz CT molecular complexity index is 785. The molecular formula is C18H17N3O. The first kappa shape index (κ1) is 14.1. The van der Waals surface area contributed by atoms with E-state index in [4.69, 9.17) is 4.74 Å². The Balaban J connectivity index is 1.95. The topological polar surface area (TPSA) is 46.5 Å². The molecule has 0 fully saturated rings. The van der Waals surface area contributed by atoms with E-state index in [0.717, 1.165) is 22.1 Å². The van der Waals surface area contributed by atoms with Crippen LogP contribution in [0.1, 0.15) is 12.5 Å². The maximum atomic E-state index is 5.71. The molecule has 0 bridgehead atoms. The molecule has 2 aromatic carbocycles. The van der Waals surface area contributed by atoms with Gasteiger partial charge in [-0.1, -0.05) is 36.4 Å². The van der Waals surface area contributed by atoms with Crippen LogP contribution >= 0.6 is 0 Å². The van der Waals surface area contributed by atoms with Crippen LogP contribution in [0.5, 0.6) is 5.75 Å². The van der Waals surface area contributed by atoms with E-state index in [1.54, 1.807) is 12.4 Å². The van der Waals surface area contributed by atoms with Crippen LogP contribution in [0.3, 0.4) is 0 Å². The second-order valence-electron chi connectivity index (χ2n) is 4.72. The molecule has 1 N–H and O–H groups in total. The normalized spacial score (nSPS) is 11.0. The second kappa shape index (κ2) is 6.72. The molecule has 4 nitrogen and oxygen atoms in total. The summed E-state index contributed by atoms with van der Waals surface area (Å²) >= 11 is 0. The molecule has 0 aliphatic heterocycles. The van der Waals surface area contributed by atoms with Crippen LogP contribution in [0.25, 0.3) is 10.8 Å². The van der Waals surface area contributed by atoms with Gasteiger partial charge in [0.1, 0.15) is 11.6 Å². The Morgan fingerprint density at radius 3 is 2.77 bits per heavy atom. The highest BCUT2D eigenvalue weighted by Crippen LogP contribution is 2.26. The van der Waals surface area contributed by atoms with Crippen molar-refractivity contribution in [3.63, 3.8) is 0 Å². The van der Waals surface area contributed by atoms with Gasteiger partial charge in [0.05, 0.1) is 12.8 Å². The van der Waals surface area contributed by atoms with Gasteiger partial charge in [-0.15, -0.1) is 0 Å². The first-order chi connectivity index (χ1) is 10.9. The van der Waals surface area contributed by atoms with Gasteiger partial charge in [0, 0.05) is 11.8 Å². The zero-order chi connectivity index (χ0) is 15.2. The Morgan fingerprint density at radius 2 is 1.95 bits per heavy atom. The summed E-state index contributed by atoms with van der Waals surface area (Å²) in [5.74, 6) is 1.53. The molecule has 0 aliphatic rings. The fourth-order valence-electron chi connectivity index (χ4n) is 2.28. The maximum absolute atomic E-state index is 5.71. The molecule has 0 radical (unpaired) electrons. The molecule has 0 saturated heterocycles. The Kier molecular flexibility index (Phi) is 4.30. The van der Waals surface area contributed by atoms with Gasteiger partial charge in [-0.25, -0.2) is 4.98 Å². The van der Waals surface area contributed by atoms with Crippen molar-refractivity contribution in [2.24, 2.45) is 5.10 Å². The summed E-state index contributed by atoms with van der Waals surface area (Å²) in [7, 11) is 0. The van der Waals surface area contributed by atoms with Crippen LogP contribution in [0.2, 0.25) is 0 Å². The lowest BCUT2D eigenvalue weighted by molar-refractivity contribution is 0.340. The number of hydrogen-bond donors (Lipinski definition) is 1. The molecule has 0 saturated carbocycles. The number of hydrogen-bond acceptors (Lipinski definition) is 4. The molecule has 110 valence electrons. The number of benzene rings is 2. The van der Waals surface area contributed by atoms with Gasteiger partial charge in [-0.05, 0) is 35.9 Å². The van der Waals surface area contributed by atoms with Crippen LogP contribution in [0.15, 0.2) is 65.9 Å². The molecule has 0 unspecified atom stereocenters. The molecule has 4 heteroatoms. The van der Waals surface area contributed by atoms with E-state index < -0.39 is 0 Å². The van der Waals surface area contributed by atoms with E-state index in [0.29, 0.717) is 12.4 Å². The van der Waals surface area contributed by atoms with E-state index in [1.165, 1.54) is 0 Å². The van der Waals surface area contributed by atoms with E-state index in [-0.39, 0.29) is 0 Å². The van der Waals surface area contributed by atoms with Gasteiger partial charge in [0.15, 0.2) is 0 Å². The molecule has 0 aliphatic carbocycles. The number of aromatic nitrogens is 1. The quantitative estimate of drug-likeness (QED) is 0.569. The monoisotopic (exact) mass is 291 g/mol. The lowest BCUT2D eigenvalue weighted by Crippen LogP contribution is -1.99. The van der Waals surface area contributed by atoms with Crippen molar-refractivity contribution in [3.8, 4) is 5.75 Å². The van der Waals surface area contributed by atoms with Crippen LogP contribution in [-0.2, 0) is 0 Å². The van der Waals surface area contributed by atoms with Crippen molar-refractivity contribution >= 4 is 22.8 Å². The molecule has 3 rings (SSSR count). The van der Waals surface area contributed by atoms with Crippen molar-refractivity contribution in [2.75, 3.05) is 12.0 Å². The number of pyridine rings is 1. The van der Waals surface area contributed by atoms with Gasteiger partial charge in [0.25, 0.3) is 0 Å². The zero-order valence-corrected chi connectivity index (χ0v) is 12.4. The fraction of sp³-hybridized carbons (Fsp3) is 0.111. The average Bonchev–Trinajstić information content (AvgIpc) is 2.57. The van der Waals surface area contributed by atoms with E-state index in [2.05, 4.69) is 33.7 Å². The third-order valence-corrected chi connectivity index (χ3v) is 3.27. The van der Waals surface area contributed by atoms with Crippen LogP contribution in [0, 0.1) is 0 Å².